The maximum atomic E-state index is 12.4. The van der Waals surface area contributed by atoms with E-state index in [9.17, 15) is 19.8 Å². The molecule has 72 heavy (non-hydrogen) atoms. The maximum absolute atomic E-state index is 12.4. The van der Waals surface area contributed by atoms with Gasteiger partial charge < -0.3 is 20.3 Å². The average Bonchev–Trinajstić information content (AvgIpc) is 3.38. The van der Waals surface area contributed by atoms with Crippen LogP contribution in [0.3, 0.4) is 0 Å². The summed E-state index contributed by atoms with van der Waals surface area (Å²) in [5.41, 5.74) is 0. The minimum absolute atomic E-state index is 0.00879. The molecule has 6 nitrogen and oxygen atoms in total. The van der Waals surface area contributed by atoms with Crippen molar-refractivity contribution in [2.45, 2.75) is 373 Å². The van der Waals surface area contributed by atoms with Crippen LogP contribution in [-0.4, -0.2) is 47.4 Å². The van der Waals surface area contributed by atoms with E-state index >= 15 is 0 Å². The van der Waals surface area contributed by atoms with Crippen LogP contribution in [0.25, 0.3) is 0 Å². The van der Waals surface area contributed by atoms with Gasteiger partial charge in [-0.15, -0.1) is 0 Å². The molecule has 0 aliphatic carbocycles. The Morgan fingerprint density at radius 2 is 0.653 bits per heavy atom. The molecule has 0 aromatic rings. The Balaban J connectivity index is 3.35. The molecule has 0 rings (SSSR count). The minimum atomic E-state index is -0.662. The number of carbonyl (C=O) groups excluding carboxylic acids is 2. The molecule has 3 N–H and O–H groups in total. The standard InChI is InChI=1S/C66H127NO5/c1-3-5-7-9-11-13-15-16-17-33-36-40-44-48-52-56-60-66(71)72-61-57-53-49-45-41-37-34-31-29-27-25-23-21-19-18-20-22-24-26-28-30-32-35-39-43-47-51-55-59-65(70)67-63(62-68)64(69)58-54-50-46-42-38-14-12-10-8-6-4-2/h17-19,33,63-64,68-69H,3-16,20-32,34-62H2,1-2H3,(H,67,70)/b19-18-,33-17-. The van der Waals surface area contributed by atoms with Gasteiger partial charge in [-0.05, 0) is 77.0 Å². The summed E-state index contributed by atoms with van der Waals surface area (Å²) in [4.78, 5) is 24.5. The van der Waals surface area contributed by atoms with Crippen LogP contribution in [0.4, 0.5) is 0 Å². The molecule has 0 aromatic heterocycles. The van der Waals surface area contributed by atoms with E-state index in [0.717, 1.165) is 44.9 Å². The first kappa shape index (κ1) is 70.3. The second kappa shape index (κ2) is 61.9. The maximum Gasteiger partial charge on any atom is 0.305 e. The minimum Gasteiger partial charge on any atom is -0.466 e. The second-order valence-electron chi connectivity index (χ2n) is 22.4. The number of rotatable bonds is 61. The summed E-state index contributed by atoms with van der Waals surface area (Å²) < 4.78 is 5.49. The third-order valence-corrected chi connectivity index (χ3v) is 15.2. The molecular formula is C66H127NO5. The van der Waals surface area contributed by atoms with Crippen molar-refractivity contribution < 1.29 is 24.5 Å². The highest BCUT2D eigenvalue weighted by Crippen LogP contribution is 2.18. The zero-order valence-electron chi connectivity index (χ0n) is 48.7. The van der Waals surface area contributed by atoms with Crippen molar-refractivity contribution in [1.29, 1.82) is 0 Å². The highest BCUT2D eigenvalue weighted by molar-refractivity contribution is 5.76. The van der Waals surface area contributed by atoms with Crippen molar-refractivity contribution in [2.75, 3.05) is 13.2 Å². The Morgan fingerprint density at radius 1 is 0.375 bits per heavy atom. The molecule has 0 saturated heterocycles. The summed E-state index contributed by atoms with van der Waals surface area (Å²) in [6.07, 6.45) is 76.4. The number of unbranched alkanes of at least 4 members (excludes halogenated alkanes) is 46. The number of aliphatic hydroxyl groups excluding tert-OH is 2. The number of carbonyl (C=O) groups is 2. The van der Waals surface area contributed by atoms with Crippen LogP contribution in [0.5, 0.6) is 0 Å². The van der Waals surface area contributed by atoms with E-state index < -0.39 is 12.1 Å². The average molecular weight is 1010 g/mol. The van der Waals surface area contributed by atoms with Gasteiger partial charge in [0.1, 0.15) is 0 Å². The van der Waals surface area contributed by atoms with Crippen LogP contribution in [0.15, 0.2) is 24.3 Å². The number of ether oxygens (including phenoxy) is 1. The highest BCUT2D eigenvalue weighted by Gasteiger charge is 2.20. The summed E-state index contributed by atoms with van der Waals surface area (Å²) >= 11 is 0. The molecule has 6 heteroatoms. The highest BCUT2D eigenvalue weighted by atomic mass is 16.5. The van der Waals surface area contributed by atoms with Gasteiger partial charge in [0.15, 0.2) is 0 Å². The number of allylic oxidation sites excluding steroid dienone is 4. The van der Waals surface area contributed by atoms with Crippen molar-refractivity contribution in [1.82, 2.24) is 5.32 Å². The topological polar surface area (TPSA) is 95.9 Å². The third kappa shape index (κ3) is 57.6. The molecular weight excluding hydrogens is 887 g/mol. The summed E-state index contributed by atoms with van der Waals surface area (Å²) in [5, 5.41) is 23.2. The van der Waals surface area contributed by atoms with Crippen LogP contribution in [0.2, 0.25) is 0 Å². The fraction of sp³-hybridized carbons (Fsp3) is 0.909. The Kier molecular flexibility index (Phi) is 60.5. The number of hydrogen-bond donors (Lipinski definition) is 3. The van der Waals surface area contributed by atoms with Gasteiger partial charge in [0.2, 0.25) is 5.91 Å². The van der Waals surface area contributed by atoms with E-state index in [0.29, 0.717) is 25.9 Å². The molecule has 0 fully saturated rings. The molecule has 0 aliphatic rings. The van der Waals surface area contributed by atoms with Gasteiger partial charge in [0.25, 0.3) is 0 Å². The van der Waals surface area contributed by atoms with Gasteiger partial charge in [-0.25, -0.2) is 0 Å². The third-order valence-electron chi connectivity index (χ3n) is 15.2. The number of nitrogens with one attached hydrogen (secondary N) is 1. The van der Waals surface area contributed by atoms with E-state index in [2.05, 4.69) is 43.5 Å². The summed E-state index contributed by atoms with van der Waals surface area (Å²) in [7, 11) is 0. The lowest BCUT2D eigenvalue weighted by Gasteiger charge is -2.22. The van der Waals surface area contributed by atoms with Gasteiger partial charge in [0.05, 0.1) is 25.4 Å². The number of aliphatic hydroxyl groups is 2. The Morgan fingerprint density at radius 3 is 0.986 bits per heavy atom. The molecule has 0 saturated carbocycles. The molecule has 426 valence electrons. The summed E-state index contributed by atoms with van der Waals surface area (Å²) in [5.74, 6) is -0.0259. The zero-order chi connectivity index (χ0) is 52.2. The van der Waals surface area contributed by atoms with E-state index in [1.807, 2.05) is 0 Å². The van der Waals surface area contributed by atoms with Crippen molar-refractivity contribution >= 4 is 11.9 Å². The first-order valence-corrected chi connectivity index (χ1v) is 32.6. The van der Waals surface area contributed by atoms with Gasteiger partial charge >= 0.3 is 5.97 Å². The van der Waals surface area contributed by atoms with Crippen molar-refractivity contribution in [3.05, 3.63) is 24.3 Å². The predicted molar refractivity (Wildman–Crippen MR) is 315 cm³/mol. The molecule has 0 spiro atoms. The lowest BCUT2D eigenvalue weighted by molar-refractivity contribution is -0.143. The molecule has 2 unspecified atom stereocenters. The molecule has 2 atom stereocenters. The van der Waals surface area contributed by atoms with Gasteiger partial charge in [-0.2, -0.15) is 0 Å². The van der Waals surface area contributed by atoms with Crippen molar-refractivity contribution in [2.24, 2.45) is 0 Å². The lowest BCUT2D eigenvalue weighted by Crippen LogP contribution is -2.45. The fourth-order valence-electron chi connectivity index (χ4n) is 10.2. The zero-order valence-corrected chi connectivity index (χ0v) is 48.7. The summed E-state index contributed by atoms with van der Waals surface area (Å²) in [6, 6.07) is -0.540. The van der Waals surface area contributed by atoms with E-state index in [1.165, 1.54) is 283 Å². The molecule has 0 aliphatic heterocycles. The van der Waals surface area contributed by atoms with Crippen LogP contribution in [0, 0.1) is 0 Å². The van der Waals surface area contributed by atoms with Crippen LogP contribution in [0.1, 0.15) is 361 Å². The molecule has 1 amide bonds. The summed E-state index contributed by atoms with van der Waals surface area (Å²) in [6.45, 7) is 4.96. The van der Waals surface area contributed by atoms with E-state index in [1.54, 1.807) is 0 Å². The van der Waals surface area contributed by atoms with Crippen molar-refractivity contribution in [3.63, 3.8) is 0 Å². The van der Waals surface area contributed by atoms with Gasteiger partial charge in [-0.3, -0.25) is 9.59 Å². The predicted octanol–water partition coefficient (Wildman–Crippen LogP) is 20.6. The lowest BCUT2D eigenvalue weighted by atomic mass is 10.0. The largest absolute Gasteiger partial charge is 0.466 e. The van der Waals surface area contributed by atoms with E-state index in [-0.39, 0.29) is 18.5 Å². The van der Waals surface area contributed by atoms with Crippen LogP contribution >= 0.6 is 0 Å². The van der Waals surface area contributed by atoms with E-state index in [4.69, 9.17) is 4.74 Å². The van der Waals surface area contributed by atoms with Crippen LogP contribution < -0.4 is 5.32 Å². The fourth-order valence-corrected chi connectivity index (χ4v) is 10.2. The monoisotopic (exact) mass is 1010 g/mol. The molecule has 0 aromatic carbocycles. The SMILES string of the molecule is CCCCCCCCC/C=C\CCCCCCCC(=O)OCCCCCCCCCCCCCC/C=C\CCCCCCCCCCCCCCC(=O)NC(CO)C(O)CCCCCCCCCCCCC. The van der Waals surface area contributed by atoms with Gasteiger partial charge in [0, 0.05) is 12.8 Å². The van der Waals surface area contributed by atoms with Gasteiger partial charge in [-0.1, -0.05) is 295 Å². The Bertz CT molecular complexity index is 1120. The number of hydrogen-bond acceptors (Lipinski definition) is 5. The number of esters is 1. The normalized spacial score (nSPS) is 12.7. The first-order valence-electron chi connectivity index (χ1n) is 32.6. The molecule has 0 bridgehead atoms. The second-order valence-corrected chi connectivity index (χ2v) is 22.4. The smallest absolute Gasteiger partial charge is 0.305 e. The molecule has 0 heterocycles. The Labute approximate surface area is 450 Å². The molecule has 0 radical (unpaired) electrons. The first-order chi connectivity index (χ1) is 35.5. The number of amides is 1. The van der Waals surface area contributed by atoms with Crippen molar-refractivity contribution in [3.8, 4) is 0 Å². The Hall–Kier alpha value is -1.66. The quantitative estimate of drug-likeness (QED) is 0.0320. The van der Waals surface area contributed by atoms with Crippen LogP contribution in [-0.2, 0) is 14.3 Å².